The molecular formula is C23H26N4O5S. The highest BCUT2D eigenvalue weighted by Crippen LogP contribution is 2.27. The average molecular weight is 471 g/mol. The van der Waals surface area contributed by atoms with E-state index in [9.17, 15) is 22.8 Å². The summed E-state index contributed by atoms with van der Waals surface area (Å²) in [6.07, 6.45) is 1.83. The highest BCUT2D eigenvalue weighted by atomic mass is 32.2. The van der Waals surface area contributed by atoms with Crippen molar-refractivity contribution in [3.8, 4) is 0 Å². The Bertz CT molecular complexity index is 1160. The van der Waals surface area contributed by atoms with Gasteiger partial charge in [-0.1, -0.05) is 18.6 Å². The smallest absolute Gasteiger partial charge is 0.321 e. The molecule has 4 rings (SSSR count). The number of piperidine rings is 1. The van der Waals surface area contributed by atoms with Crippen LogP contribution in [0.5, 0.6) is 0 Å². The molecular weight excluding hydrogens is 444 g/mol. The molecule has 174 valence electrons. The van der Waals surface area contributed by atoms with Crippen LogP contribution in [-0.4, -0.2) is 56.1 Å². The number of hydrogen-bond donors (Lipinski definition) is 2. The molecule has 2 aromatic rings. The molecule has 2 N–H and O–H groups in total. The first kappa shape index (κ1) is 22.9. The van der Waals surface area contributed by atoms with Crippen molar-refractivity contribution in [2.75, 3.05) is 29.9 Å². The minimum absolute atomic E-state index is 0.0560. The van der Waals surface area contributed by atoms with Crippen molar-refractivity contribution < 1.29 is 22.8 Å². The standard InChI is InChI=1S/C23H26N4O5S/c1-16(28)17-5-11-20(12-6-17)33(31,32)27-14-3-2-4-21(27)22(29)25-18-7-9-19(10-8-18)26-15-13-24-23(26)30/h5-12,21H,2-4,13-15H2,1H3,(H,24,30)(H,25,29). The highest BCUT2D eigenvalue weighted by molar-refractivity contribution is 7.89. The third kappa shape index (κ3) is 4.76. The molecule has 0 bridgehead atoms. The van der Waals surface area contributed by atoms with Crippen molar-refractivity contribution in [1.82, 2.24) is 9.62 Å². The molecule has 2 fully saturated rings. The van der Waals surface area contributed by atoms with Crippen molar-refractivity contribution in [2.45, 2.75) is 37.1 Å². The van der Waals surface area contributed by atoms with Gasteiger partial charge in [0.05, 0.1) is 4.90 Å². The average Bonchev–Trinajstić information content (AvgIpc) is 3.25. The van der Waals surface area contributed by atoms with Crippen LogP contribution in [0.25, 0.3) is 0 Å². The number of rotatable bonds is 6. The number of benzene rings is 2. The normalized spacial score (nSPS) is 19.2. The number of nitrogens with one attached hydrogen (secondary N) is 2. The lowest BCUT2D eigenvalue weighted by Gasteiger charge is -2.33. The molecule has 3 amide bonds. The predicted molar refractivity (Wildman–Crippen MR) is 124 cm³/mol. The van der Waals surface area contributed by atoms with Gasteiger partial charge in [0.2, 0.25) is 15.9 Å². The van der Waals surface area contributed by atoms with Crippen LogP contribution in [0.2, 0.25) is 0 Å². The lowest BCUT2D eigenvalue weighted by atomic mass is 10.0. The summed E-state index contributed by atoms with van der Waals surface area (Å²) < 4.78 is 27.8. The van der Waals surface area contributed by atoms with E-state index in [2.05, 4.69) is 10.6 Å². The minimum atomic E-state index is -3.90. The van der Waals surface area contributed by atoms with E-state index in [1.807, 2.05) is 0 Å². The monoisotopic (exact) mass is 470 g/mol. The van der Waals surface area contributed by atoms with Gasteiger partial charge in [-0.05, 0) is 56.2 Å². The lowest BCUT2D eigenvalue weighted by molar-refractivity contribution is -0.120. The van der Waals surface area contributed by atoms with Crippen molar-refractivity contribution >= 4 is 39.1 Å². The van der Waals surface area contributed by atoms with Crippen LogP contribution in [0.3, 0.4) is 0 Å². The lowest BCUT2D eigenvalue weighted by Crippen LogP contribution is -2.49. The number of hydrogen-bond acceptors (Lipinski definition) is 5. The summed E-state index contributed by atoms with van der Waals surface area (Å²) in [7, 11) is -3.90. The Morgan fingerprint density at radius 3 is 2.30 bits per heavy atom. The number of amides is 3. The Kier molecular flexibility index (Phi) is 6.48. The number of carbonyl (C=O) groups is 3. The van der Waals surface area contributed by atoms with E-state index in [1.165, 1.54) is 35.5 Å². The summed E-state index contributed by atoms with van der Waals surface area (Å²) in [5.41, 5.74) is 1.67. The van der Waals surface area contributed by atoms with Gasteiger partial charge in [0, 0.05) is 36.6 Å². The fourth-order valence-corrected chi connectivity index (χ4v) is 5.78. The number of Topliss-reactive ketones (excluding diaryl/α,β-unsaturated/α-hetero) is 1. The minimum Gasteiger partial charge on any atom is -0.336 e. The van der Waals surface area contributed by atoms with E-state index in [1.54, 1.807) is 29.2 Å². The van der Waals surface area contributed by atoms with Crippen molar-refractivity contribution in [1.29, 1.82) is 0 Å². The van der Waals surface area contributed by atoms with Gasteiger partial charge in [0.1, 0.15) is 6.04 Å². The van der Waals surface area contributed by atoms with E-state index in [4.69, 9.17) is 0 Å². The first-order chi connectivity index (χ1) is 15.8. The Labute approximate surface area is 192 Å². The summed E-state index contributed by atoms with van der Waals surface area (Å²) in [5.74, 6) is -0.546. The zero-order chi connectivity index (χ0) is 23.6. The fourth-order valence-electron chi connectivity index (χ4n) is 4.12. The van der Waals surface area contributed by atoms with Gasteiger partial charge >= 0.3 is 6.03 Å². The van der Waals surface area contributed by atoms with Crippen LogP contribution in [0.4, 0.5) is 16.2 Å². The van der Waals surface area contributed by atoms with E-state index < -0.39 is 22.0 Å². The van der Waals surface area contributed by atoms with Crippen molar-refractivity contribution in [3.63, 3.8) is 0 Å². The van der Waals surface area contributed by atoms with E-state index in [-0.39, 0.29) is 23.3 Å². The Morgan fingerprint density at radius 2 is 1.70 bits per heavy atom. The van der Waals surface area contributed by atoms with Gasteiger partial charge in [-0.3, -0.25) is 14.5 Å². The predicted octanol–water partition coefficient (Wildman–Crippen LogP) is 2.60. The Balaban J connectivity index is 1.50. The zero-order valence-electron chi connectivity index (χ0n) is 18.3. The molecule has 0 saturated carbocycles. The van der Waals surface area contributed by atoms with Gasteiger partial charge in [0.15, 0.2) is 5.78 Å². The van der Waals surface area contributed by atoms with Crippen LogP contribution < -0.4 is 15.5 Å². The molecule has 2 saturated heterocycles. The quantitative estimate of drug-likeness (QED) is 0.630. The third-order valence-electron chi connectivity index (χ3n) is 5.93. The SMILES string of the molecule is CC(=O)c1ccc(S(=O)(=O)N2CCCCC2C(=O)Nc2ccc(N3CCNC3=O)cc2)cc1. The summed E-state index contributed by atoms with van der Waals surface area (Å²) in [5, 5.41) is 5.55. The van der Waals surface area contributed by atoms with Crippen LogP contribution in [0.15, 0.2) is 53.4 Å². The first-order valence-electron chi connectivity index (χ1n) is 10.9. The molecule has 10 heteroatoms. The Hall–Kier alpha value is -3.24. The first-order valence-corrected chi connectivity index (χ1v) is 12.3. The third-order valence-corrected chi connectivity index (χ3v) is 7.85. The van der Waals surface area contributed by atoms with Gasteiger partial charge in [-0.2, -0.15) is 4.31 Å². The summed E-state index contributed by atoms with van der Waals surface area (Å²) in [6.45, 7) is 2.83. The molecule has 0 spiro atoms. The van der Waals surface area contributed by atoms with Crippen molar-refractivity contribution in [3.05, 3.63) is 54.1 Å². The molecule has 2 aliphatic heterocycles. The number of ketones is 1. The molecule has 9 nitrogen and oxygen atoms in total. The Morgan fingerprint density at radius 1 is 1.00 bits per heavy atom. The second kappa shape index (κ2) is 9.32. The summed E-state index contributed by atoms with van der Waals surface area (Å²) in [6, 6.07) is 11.7. The molecule has 2 aliphatic rings. The molecule has 0 radical (unpaired) electrons. The number of urea groups is 1. The number of carbonyl (C=O) groups excluding carboxylic acids is 3. The molecule has 1 atom stereocenters. The van der Waals surface area contributed by atoms with Crippen LogP contribution in [-0.2, 0) is 14.8 Å². The van der Waals surface area contributed by atoms with Crippen LogP contribution in [0.1, 0.15) is 36.5 Å². The van der Waals surface area contributed by atoms with Gasteiger partial charge in [-0.25, -0.2) is 13.2 Å². The summed E-state index contributed by atoms with van der Waals surface area (Å²) in [4.78, 5) is 38.0. The maximum Gasteiger partial charge on any atom is 0.321 e. The maximum absolute atomic E-state index is 13.3. The molecule has 2 aromatic carbocycles. The van der Waals surface area contributed by atoms with E-state index in [0.29, 0.717) is 37.2 Å². The van der Waals surface area contributed by atoms with Crippen molar-refractivity contribution in [2.24, 2.45) is 0 Å². The van der Waals surface area contributed by atoms with E-state index >= 15 is 0 Å². The van der Waals surface area contributed by atoms with Crippen LogP contribution in [0, 0.1) is 0 Å². The molecule has 0 aliphatic carbocycles. The second-order valence-electron chi connectivity index (χ2n) is 8.13. The topological polar surface area (TPSA) is 116 Å². The number of nitrogens with zero attached hydrogens (tertiary/aromatic N) is 2. The van der Waals surface area contributed by atoms with Gasteiger partial charge < -0.3 is 10.6 Å². The van der Waals surface area contributed by atoms with Crippen LogP contribution >= 0.6 is 0 Å². The second-order valence-corrected chi connectivity index (χ2v) is 10.0. The van der Waals surface area contributed by atoms with E-state index in [0.717, 1.165) is 12.1 Å². The highest BCUT2D eigenvalue weighted by Gasteiger charge is 2.37. The number of anilines is 2. The van der Waals surface area contributed by atoms with Gasteiger partial charge in [-0.15, -0.1) is 0 Å². The molecule has 2 heterocycles. The number of sulfonamides is 1. The zero-order valence-corrected chi connectivity index (χ0v) is 19.1. The van der Waals surface area contributed by atoms with Gasteiger partial charge in [0.25, 0.3) is 0 Å². The molecule has 33 heavy (non-hydrogen) atoms. The molecule has 1 unspecified atom stereocenters. The molecule has 0 aromatic heterocycles. The summed E-state index contributed by atoms with van der Waals surface area (Å²) >= 11 is 0. The largest absolute Gasteiger partial charge is 0.336 e. The maximum atomic E-state index is 13.3. The fraction of sp³-hybridized carbons (Fsp3) is 0.348.